The van der Waals surface area contributed by atoms with E-state index in [0.29, 0.717) is 5.56 Å². The Balaban J connectivity index is 0.000000362. The Hall–Kier alpha value is -2.87. The number of carbonyl (C=O) groups is 2. The molecule has 4 N–H and O–H groups in total. The predicted octanol–water partition coefficient (Wildman–Crippen LogP) is 3.54. The number of aliphatic carboxylic acids is 1. The number of carbonyl (C=O) groups excluding carboxylic acids is 1. The summed E-state index contributed by atoms with van der Waals surface area (Å²) in [6.45, 7) is 3.15. The summed E-state index contributed by atoms with van der Waals surface area (Å²) in [5.74, 6) is -1.76. The molecule has 0 saturated carbocycles. The molecule has 2 rings (SSSR count). The Morgan fingerprint density at radius 3 is 1.96 bits per heavy atom. The summed E-state index contributed by atoms with van der Waals surface area (Å²) in [7, 11) is 0. The first-order chi connectivity index (χ1) is 13.0. The first kappa shape index (κ1) is 23.2. The van der Waals surface area contributed by atoms with Crippen molar-refractivity contribution in [2.24, 2.45) is 5.73 Å². The lowest BCUT2D eigenvalue weighted by atomic mass is 10.0. The predicted molar refractivity (Wildman–Crippen MR) is 99.4 cm³/mol. The highest BCUT2D eigenvalue weighted by atomic mass is 19.4. The van der Waals surface area contributed by atoms with Crippen LogP contribution in [0.1, 0.15) is 36.6 Å². The number of nitrogens with two attached hydrogens (primary N) is 1. The van der Waals surface area contributed by atoms with E-state index in [-0.39, 0.29) is 12.5 Å². The molecule has 0 saturated heterocycles. The molecule has 2 aromatic carbocycles. The number of benzene rings is 2. The molecule has 0 radical (unpaired) electrons. The molecule has 2 atom stereocenters. The number of nitrogens with one attached hydrogen (secondary N) is 1. The zero-order valence-electron chi connectivity index (χ0n) is 15.5. The molecule has 0 fully saturated rings. The summed E-state index contributed by atoms with van der Waals surface area (Å²) >= 11 is 0. The van der Waals surface area contributed by atoms with Crippen molar-refractivity contribution >= 4 is 11.9 Å². The van der Waals surface area contributed by atoms with Gasteiger partial charge in [-0.05, 0) is 30.2 Å². The first-order valence-corrected chi connectivity index (χ1v) is 8.47. The molecule has 0 spiro atoms. The van der Waals surface area contributed by atoms with Crippen LogP contribution in [0.5, 0.6) is 0 Å². The molecule has 0 heterocycles. The van der Waals surface area contributed by atoms with Crippen molar-refractivity contribution in [3.05, 3.63) is 71.3 Å². The van der Waals surface area contributed by atoms with E-state index < -0.39 is 29.7 Å². The smallest absolute Gasteiger partial charge is 0.416 e. The molecule has 1 amide bonds. The number of carboxylic acid groups (broad SMARTS) is 1. The van der Waals surface area contributed by atoms with Crippen molar-refractivity contribution < 1.29 is 27.9 Å². The van der Waals surface area contributed by atoms with Crippen LogP contribution in [0.15, 0.2) is 54.6 Å². The molecule has 5 nitrogen and oxygen atoms in total. The molecule has 8 heteroatoms. The van der Waals surface area contributed by atoms with Crippen molar-refractivity contribution in [3.63, 3.8) is 0 Å². The van der Waals surface area contributed by atoms with Gasteiger partial charge >= 0.3 is 12.1 Å². The maximum atomic E-state index is 12.3. The van der Waals surface area contributed by atoms with Gasteiger partial charge < -0.3 is 16.2 Å². The molecular weight excluding hydrogens is 373 g/mol. The van der Waals surface area contributed by atoms with Gasteiger partial charge in [0.15, 0.2) is 0 Å². The van der Waals surface area contributed by atoms with Crippen LogP contribution in [-0.4, -0.2) is 23.0 Å². The fourth-order valence-electron chi connectivity index (χ4n) is 2.27. The van der Waals surface area contributed by atoms with Crippen molar-refractivity contribution in [1.29, 1.82) is 0 Å². The standard InChI is InChI=1S/C12H12F3NO3.C8H11N/c1-7(17)16-10(11(18)19)6-8-2-4-9(5-3-8)12(13,14)15;1-7(9)8-5-3-2-4-6-8/h2-5,10H,6H2,1H3,(H,16,17)(H,18,19);2-7H,9H2,1H3/t10-;7-/m01/s1. The van der Waals surface area contributed by atoms with Crippen LogP contribution >= 0.6 is 0 Å². The van der Waals surface area contributed by atoms with Gasteiger partial charge in [-0.1, -0.05) is 42.5 Å². The van der Waals surface area contributed by atoms with E-state index in [1.807, 2.05) is 37.3 Å². The highest BCUT2D eigenvalue weighted by Gasteiger charge is 2.30. The van der Waals surface area contributed by atoms with E-state index >= 15 is 0 Å². The number of amides is 1. The highest BCUT2D eigenvalue weighted by molar-refractivity contribution is 5.82. The molecule has 0 unspecified atom stereocenters. The Labute approximate surface area is 161 Å². The minimum Gasteiger partial charge on any atom is -0.480 e. The zero-order chi connectivity index (χ0) is 21.3. The minimum absolute atomic E-state index is 0.0763. The van der Waals surface area contributed by atoms with Gasteiger partial charge in [0.05, 0.1) is 5.56 Å². The maximum absolute atomic E-state index is 12.3. The van der Waals surface area contributed by atoms with Crippen molar-refractivity contribution in [1.82, 2.24) is 5.32 Å². The van der Waals surface area contributed by atoms with Gasteiger partial charge in [0.2, 0.25) is 5.91 Å². The van der Waals surface area contributed by atoms with Gasteiger partial charge in [0.25, 0.3) is 0 Å². The van der Waals surface area contributed by atoms with Crippen molar-refractivity contribution in [2.75, 3.05) is 0 Å². The van der Waals surface area contributed by atoms with E-state index in [2.05, 4.69) is 5.32 Å². The van der Waals surface area contributed by atoms with Crippen LogP contribution in [-0.2, 0) is 22.2 Å². The molecule has 0 aromatic heterocycles. The average molecular weight is 396 g/mol. The van der Waals surface area contributed by atoms with Crippen molar-refractivity contribution in [3.8, 4) is 0 Å². The van der Waals surface area contributed by atoms with E-state index in [0.717, 1.165) is 12.1 Å². The third-order valence-electron chi connectivity index (χ3n) is 3.72. The molecular formula is C20H23F3N2O3. The minimum atomic E-state index is -4.43. The van der Waals surface area contributed by atoms with E-state index in [4.69, 9.17) is 10.8 Å². The SMILES string of the molecule is CC(=O)N[C@@H](Cc1ccc(C(F)(F)F)cc1)C(=O)O.C[C@@H](N)c1ccccc1. The summed E-state index contributed by atoms with van der Waals surface area (Å²) in [5, 5.41) is 11.1. The number of alkyl halides is 3. The second kappa shape index (κ2) is 10.5. The van der Waals surface area contributed by atoms with E-state index in [1.165, 1.54) is 24.6 Å². The second-order valence-electron chi connectivity index (χ2n) is 6.19. The lowest BCUT2D eigenvalue weighted by molar-refractivity contribution is -0.141. The lowest BCUT2D eigenvalue weighted by Gasteiger charge is -2.14. The summed E-state index contributed by atoms with van der Waals surface area (Å²) in [6.07, 6.45) is -4.50. The summed E-state index contributed by atoms with van der Waals surface area (Å²) in [5.41, 5.74) is 6.40. The van der Waals surface area contributed by atoms with Crippen molar-refractivity contribution in [2.45, 2.75) is 38.5 Å². The topological polar surface area (TPSA) is 92.4 Å². The number of hydrogen-bond donors (Lipinski definition) is 3. The Kier molecular flexibility index (Phi) is 8.66. The van der Waals surface area contributed by atoms with Gasteiger partial charge in [-0.3, -0.25) is 4.79 Å². The van der Waals surface area contributed by atoms with Gasteiger partial charge in [-0.2, -0.15) is 13.2 Å². The monoisotopic (exact) mass is 396 g/mol. The fraction of sp³-hybridized carbons (Fsp3) is 0.300. The van der Waals surface area contributed by atoms with Gasteiger partial charge in [0.1, 0.15) is 6.04 Å². The highest BCUT2D eigenvalue weighted by Crippen LogP contribution is 2.29. The fourth-order valence-corrected chi connectivity index (χ4v) is 2.27. The summed E-state index contributed by atoms with van der Waals surface area (Å²) in [4.78, 5) is 21.7. The van der Waals surface area contributed by atoms with Crippen LogP contribution in [0.2, 0.25) is 0 Å². The van der Waals surface area contributed by atoms with Crippen LogP contribution < -0.4 is 11.1 Å². The molecule has 152 valence electrons. The van der Waals surface area contributed by atoms with Gasteiger partial charge in [-0.15, -0.1) is 0 Å². The van der Waals surface area contributed by atoms with E-state index in [9.17, 15) is 22.8 Å². The van der Waals surface area contributed by atoms with Gasteiger partial charge in [-0.25, -0.2) is 4.79 Å². The first-order valence-electron chi connectivity index (χ1n) is 8.47. The normalized spacial score (nSPS) is 12.9. The molecule has 28 heavy (non-hydrogen) atoms. The summed E-state index contributed by atoms with van der Waals surface area (Å²) < 4.78 is 37.0. The van der Waals surface area contributed by atoms with Gasteiger partial charge in [0, 0.05) is 19.4 Å². The quantitative estimate of drug-likeness (QED) is 0.721. The lowest BCUT2D eigenvalue weighted by Crippen LogP contribution is -2.41. The number of rotatable bonds is 5. The third kappa shape index (κ3) is 8.22. The van der Waals surface area contributed by atoms with Crippen LogP contribution in [0.3, 0.4) is 0 Å². The Bertz CT molecular complexity index is 761. The van der Waals surface area contributed by atoms with Crippen LogP contribution in [0.25, 0.3) is 0 Å². The van der Waals surface area contributed by atoms with Crippen LogP contribution in [0.4, 0.5) is 13.2 Å². The molecule has 0 bridgehead atoms. The Morgan fingerprint density at radius 1 is 1.07 bits per heavy atom. The maximum Gasteiger partial charge on any atom is 0.416 e. The number of hydrogen-bond acceptors (Lipinski definition) is 3. The molecule has 0 aliphatic heterocycles. The molecule has 2 aromatic rings. The largest absolute Gasteiger partial charge is 0.480 e. The zero-order valence-corrected chi connectivity index (χ0v) is 15.5. The molecule has 0 aliphatic carbocycles. The average Bonchev–Trinajstić information content (AvgIpc) is 2.61. The molecule has 0 aliphatic rings. The number of carboxylic acids is 1. The Morgan fingerprint density at radius 2 is 1.61 bits per heavy atom. The second-order valence-corrected chi connectivity index (χ2v) is 6.19. The third-order valence-corrected chi connectivity index (χ3v) is 3.72. The van der Waals surface area contributed by atoms with Crippen LogP contribution in [0, 0.1) is 0 Å². The number of halogens is 3. The summed E-state index contributed by atoms with van der Waals surface area (Å²) in [6, 6.07) is 13.2. The van der Waals surface area contributed by atoms with E-state index in [1.54, 1.807) is 0 Å².